The molecular weight excluding hydrogens is 340 g/mol. The van der Waals surface area contributed by atoms with E-state index < -0.39 is 0 Å². The molecule has 3 saturated carbocycles. The van der Waals surface area contributed by atoms with Crippen molar-refractivity contribution in [2.45, 2.75) is 111 Å². The van der Waals surface area contributed by atoms with Gasteiger partial charge in [-0.3, -0.25) is 0 Å². The van der Waals surface area contributed by atoms with Crippen molar-refractivity contribution < 1.29 is 5.11 Å². The first kappa shape index (κ1) is 20.7. The van der Waals surface area contributed by atoms with Crippen molar-refractivity contribution >= 4 is 0 Å². The van der Waals surface area contributed by atoms with Crippen LogP contribution in [0.5, 0.6) is 0 Å². The molecule has 1 nitrogen and oxygen atoms in total. The molecular formula is C27H44O. The molecule has 3 fully saturated rings. The molecule has 0 radical (unpaired) electrons. The summed E-state index contributed by atoms with van der Waals surface area (Å²) in [6.07, 6.45) is 16.7. The van der Waals surface area contributed by atoms with Crippen LogP contribution in [0.25, 0.3) is 0 Å². The summed E-state index contributed by atoms with van der Waals surface area (Å²) in [5.41, 5.74) is 6.23. The lowest BCUT2D eigenvalue weighted by atomic mass is 9.49. The molecule has 1 heteroatoms. The predicted octanol–water partition coefficient (Wildman–Crippen LogP) is 7.45. The molecule has 4 rings (SSSR count). The highest BCUT2D eigenvalue weighted by Crippen LogP contribution is 2.65. The van der Waals surface area contributed by atoms with Gasteiger partial charge < -0.3 is 5.11 Å². The molecule has 0 aliphatic heterocycles. The maximum atomic E-state index is 10.2. The van der Waals surface area contributed by atoms with Crippen LogP contribution >= 0.6 is 0 Å². The fraction of sp³-hybridized carbons (Fsp3) is 0.852. The third-order valence-corrected chi connectivity index (χ3v) is 9.90. The van der Waals surface area contributed by atoms with Crippen LogP contribution < -0.4 is 0 Å². The Bertz CT molecular complexity index is 653. The molecule has 158 valence electrons. The fourth-order valence-corrected chi connectivity index (χ4v) is 8.25. The fourth-order valence-electron chi connectivity index (χ4n) is 8.25. The van der Waals surface area contributed by atoms with Gasteiger partial charge in [0.15, 0.2) is 0 Å². The van der Waals surface area contributed by atoms with Crippen molar-refractivity contribution in [3.8, 4) is 0 Å². The average molecular weight is 385 g/mol. The molecule has 0 aromatic heterocycles. The number of allylic oxidation sites excluding steroid dienone is 4. The van der Waals surface area contributed by atoms with E-state index in [0.29, 0.717) is 10.8 Å². The van der Waals surface area contributed by atoms with Gasteiger partial charge >= 0.3 is 0 Å². The lowest BCUT2D eigenvalue weighted by Crippen LogP contribution is -2.48. The zero-order valence-corrected chi connectivity index (χ0v) is 19.2. The zero-order chi connectivity index (χ0) is 20.1. The summed E-state index contributed by atoms with van der Waals surface area (Å²) in [7, 11) is 0. The minimum atomic E-state index is -0.0290. The number of aliphatic hydroxyl groups is 1. The summed E-state index contributed by atoms with van der Waals surface area (Å²) in [4.78, 5) is 0. The van der Waals surface area contributed by atoms with Gasteiger partial charge in [-0.15, -0.1) is 0 Å². The van der Waals surface area contributed by atoms with Gasteiger partial charge in [-0.25, -0.2) is 0 Å². The minimum Gasteiger partial charge on any atom is -0.393 e. The van der Waals surface area contributed by atoms with Crippen LogP contribution in [-0.2, 0) is 0 Å². The number of hydrogen-bond acceptors (Lipinski definition) is 1. The van der Waals surface area contributed by atoms with Crippen molar-refractivity contribution in [2.24, 2.45) is 34.5 Å². The molecule has 0 aromatic carbocycles. The number of aliphatic hydroxyl groups excluding tert-OH is 1. The summed E-state index contributed by atoms with van der Waals surface area (Å²) in [6, 6.07) is 0. The summed E-state index contributed by atoms with van der Waals surface area (Å²) < 4.78 is 0. The van der Waals surface area contributed by atoms with Crippen LogP contribution in [0.4, 0.5) is 0 Å². The molecule has 0 saturated heterocycles. The van der Waals surface area contributed by atoms with Crippen molar-refractivity contribution in [2.75, 3.05) is 0 Å². The highest BCUT2D eigenvalue weighted by atomic mass is 16.3. The van der Waals surface area contributed by atoms with Gasteiger partial charge in [-0.2, -0.15) is 0 Å². The number of hydrogen-bond donors (Lipinski definition) is 1. The van der Waals surface area contributed by atoms with E-state index in [1.54, 1.807) is 0 Å². The Morgan fingerprint density at radius 2 is 1.89 bits per heavy atom. The Labute approximate surface area is 174 Å². The first-order valence-corrected chi connectivity index (χ1v) is 12.3. The molecule has 28 heavy (non-hydrogen) atoms. The second-order valence-electron chi connectivity index (χ2n) is 11.7. The van der Waals surface area contributed by atoms with E-state index in [1.165, 1.54) is 63.4 Å². The molecule has 0 bridgehead atoms. The van der Waals surface area contributed by atoms with E-state index in [1.807, 2.05) is 11.1 Å². The van der Waals surface area contributed by atoms with Gasteiger partial charge in [-0.1, -0.05) is 43.6 Å². The molecule has 0 amide bonds. The Balaban J connectivity index is 1.56. The normalized spacial score (nSPS) is 43.8. The van der Waals surface area contributed by atoms with Crippen LogP contribution in [0, 0.1) is 34.5 Å². The van der Waals surface area contributed by atoms with Gasteiger partial charge in [-0.05, 0) is 119 Å². The Hall–Kier alpha value is -0.560. The molecule has 0 spiro atoms. The molecule has 0 heterocycles. The van der Waals surface area contributed by atoms with Crippen LogP contribution in [-0.4, -0.2) is 11.2 Å². The smallest absolute Gasteiger partial charge is 0.0543 e. The number of rotatable bonds is 4. The van der Waals surface area contributed by atoms with Gasteiger partial charge in [0.25, 0.3) is 0 Å². The van der Waals surface area contributed by atoms with E-state index in [9.17, 15) is 5.11 Å². The molecule has 1 N–H and O–H groups in total. The summed E-state index contributed by atoms with van der Waals surface area (Å²) in [5, 5.41) is 10.2. The SMILES string of the molecule is CC(C)=CCCC(C)C1CCC2=C3CCC4C[C@@H](O)CC[C@]4(C)C3CC[C@@]21C. The second-order valence-corrected chi connectivity index (χ2v) is 11.7. The second kappa shape index (κ2) is 7.60. The Morgan fingerprint density at radius 1 is 1.11 bits per heavy atom. The molecule has 4 unspecified atom stereocenters. The van der Waals surface area contributed by atoms with Crippen LogP contribution in [0.1, 0.15) is 105 Å². The molecule has 4 aliphatic rings. The minimum absolute atomic E-state index is 0.0290. The van der Waals surface area contributed by atoms with E-state index in [-0.39, 0.29) is 6.10 Å². The van der Waals surface area contributed by atoms with E-state index >= 15 is 0 Å². The maximum Gasteiger partial charge on any atom is 0.0543 e. The lowest BCUT2D eigenvalue weighted by Gasteiger charge is -2.56. The molecule has 4 aliphatic carbocycles. The lowest BCUT2D eigenvalue weighted by molar-refractivity contribution is -0.0381. The summed E-state index contributed by atoms with van der Waals surface area (Å²) in [5.74, 6) is 3.31. The molecule has 0 aromatic rings. The third-order valence-electron chi connectivity index (χ3n) is 9.90. The van der Waals surface area contributed by atoms with Crippen LogP contribution in [0.2, 0.25) is 0 Å². The average Bonchev–Trinajstić information content (AvgIpc) is 2.99. The van der Waals surface area contributed by atoms with Crippen molar-refractivity contribution in [3.63, 3.8) is 0 Å². The van der Waals surface area contributed by atoms with Crippen LogP contribution in [0.3, 0.4) is 0 Å². The van der Waals surface area contributed by atoms with Crippen LogP contribution in [0.15, 0.2) is 22.8 Å². The first-order valence-electron chi connectivity index (χ1n) is 12.3. The monoisotopic (exact) mass is 384 g/mol. The van der Waals surface area contributed by atoms with Gasteiger partial charge in [0, 0.05) is 0 Å². The third kappa shape index (κ3) is 3.34. The van der Waals surface area contributed by atoms with Gasteiger partial charge in [0.05, 0.1) is 6.10 Å². The van der Waals surface area contributed by atoms with Crippen molar-refractivity contribution in [1.29, 1.82) is 0 Å². The highest BCUT2D eigenvalue weighted by molar-refractivity contribution is 5.34. The quantitative estimate of drug-likeness (QED) is 0.499. The zero-order valence-electron chi connectivity index (χ0n) is 19.2. The van der Waals surface area contributed by atoms with Crippen molar-refractivity contribution in [1.82, 2.24) is 0 Å². The number of fused-ring (bicyclic) bond motifs is 4. The predicted molar refractivity (Wildman–Crippen MR) is 119 cm³/mol. The van der Waals surface area contributed by atoms with E-state index in [2.05, 4.69) is 40.7 Å². The standard InChI is InChI=1S/C27H44O/c1-18(2)7-6-8-19(3)23-11-12-24-22-10-9-20-17-21(28)13-15-26(20,4)25(22)14-16-27(23,24)5/h7,19-21,23,25,28H,6,8-17H2,1-5H3/t19?,20?,21-,23?,25?,26-,27+/m0/s1. The van der Waals surface area contributed by atoms with Gasteiger partial charge in [0.1, 0.15) is 0 Å². The molecule has 7 atom stereocenters. The Kier molecular flexibility index (Phi) is 5.62. The topological polar surface area (TPSA) is 20.2 Å². The largest absolute Gasteiger partial charge is 0.393 e. The Morgan fingerprint density at radius 3 is 2.64 bits per heavy atom. The van der Waals surface area contributed by atoms with E-state index in [0.717, 1.165) is 36.5 Å². The first-order chi connectivity index (χ1) is 13.3. The summed E-state index contributed by atoms with van der Waals surface area (Å²) in [6.45, 7) is 12.2. The van der Waals surface area contributed by atoms with E-state index in [4.69, 9.17) is 0 Å². The maximum absolute atomic E-state index is 10.2. The highest BCUT2D eigenvalue weighted by Gasteiger charge is 2.55. The van der Waals surface area contributed by atoms with Crippen molar-refractivity contribution in [3.05, 3.63) is 22.8 Å². The van der Waals surface area contributed by atoms with Gasteiger partial charge in [0.2, 0.25) is 0 Å². The summed E-state index contributed by atoms with van der Waals surface area (Å²) >= 11 is 0.